The summed E-state index contributed by atoms with van der Waals surface area (Å²) in [5, 5.41) is 11.7. The van der Waals surface area contributed by atoms with Crippen LogP contribution in [0.25, 0.3) is 0 Å². The summed E-state index contributed by atoms with van der Waals surface area (Å²) >= 11 is 0. The molecule has 0 radical (unpaired) electrons. The first-order valence-electron chi connectivity index (χ1n) is 9.92. The summed E-state index contributed by atoms with van der Waals surface area (Å²) in [5.41, 5.74) is 2.30. The third kappa shape index (κ3) is 4.47. The van der Waals surface area contributed by atoms with Gasteiger partial charge < -0.3 is 20.0 Å². The highest BCUT2D eigenvalue weighted by molar-refractivity contribution is 5.61. The van der Waals surface area contributed by atoms with Crippen LogP contribution in [0.5, 0.6) is 0 Å². The Bertz CT molecular complexity index is 740. The molecule has 0 amide bonds. The summed E-state index contributed by atoms with van der Waals surface area (Å²) in [6, 6.07) is 8.57. The van der Waals surface area contributed by atoms with Crippen molar-refractivity contribution in [1.29, 1.82) is 0 Å². The average molecular weight is 368 g/mol. The summed E-state index contributed by atoms with van der Waals surface area (Å²) in [5.74, 6) is 2.15. The van der Waals surface area contributed by atoms with E-state index in [1.165, 1.54) is 18.5 Å². The van der Waals surface area contributed by atoms with Gasteiger partial charge >= 0.3 is 0 Å². The molecule has 2 aliphatic rings. The molecule has 0 spiro atoms. The van der Waals surface area contributed by atoms with Gasteiger partial charge in [-0.25, -0.2) is 0 Å². The maximum Gasteiger partial charge on any atom is 0.247 e. The molecule has 2 fully saturated rings. The van der Waals surface area contributed by atoms with E-state index in [9.17, 15) is 0 Å². The average Bonchev–Trinajstić information content (AvgIpc) is 2.70. The first kappa shape index (κ1) is 18.0. The molecule has 1 unspecified atom stereocenters. The van der Waals surface area contributed by atoms with Crippen molar-refractivity contribution in [3.05, 3.63) is 30.5 Å². The van der Waals surface area contributed by atoms with E-state index in [0.717, 1.165) is 56.7 Å². The quantitative estimate of drug-likeness (QED) is 0.891. The Morgan fingerprint density at radius 3 is 2.52 bits per heavy atom. The van der Waals surface area contributed by atoms with Gasteiger partial charge in [-0.05, 0) is 50.1 Å². The molecule has 0 saturated carbocycles. The zero-order valence-corrected chi connectivity index (χ0v) is 16.3. The summed E-state index contributed by atoms with van der Waals surface area (Å²) in [6.07, 6.45) is 4.16. The fourth-order valence-corrected chi connectivity index (χ4v) is 3.83. The number of aromatic nitrogens is 3. The lowest BCUT2D eigenvalue weighted by Crippen LogP contribution is -2.44. The topological polar surface area (TPSA) is 60.4 Å². The predicted molar refractivity (Wildman–Crippen MR) is 110 cm³/mol. The van der Waals surface area contributed by atoms with Crippen molar-refractivity contribution >= 4 is 23.1 Å². The minimum absolute atomic E-state index is 0.682. The second-order valence-corrected chi connectivity index (χ2v) is 7.80. The minimum Gasteiger partial charge on any atom is -0.369 e. The van der Waals surface area contributed by atoms with Crippen molar-refractivity contribution in [2.45, 2.75) is 19.8 Å². The van der Waals surface area contributed by atoms with Crippen LogP contribution in [0.4, 0.5) is 23.1 Å². The molecule has 144 valence electrons. The zero-order valence-electron chi connectivity index (χ0n) is 16.3. The Hall–Kier alpha value is -2.41. The van der Waals surface area contributed by atoms with Gasteiger partial charge in [0.2, 0.25) is 5.95 Å². The number of piperidine rings is 1. The van der Waals surface area contributed by atoms with Gasteiger partial charge in [-0.3, -0.25) is 0 Å². The Balaban J connectivity index is 1.41. The molecule has 2 aliphatic heterocycles. The van der Waals surface area contributed by atoms with Crippen LogP contribution in [-0.4, -0.2) is 66.4 Å². The van der Waals surface area contributed by atoms with E-state index in [0.29, 0.717) is 5.92 Å². The number of piperazine rings is 1. The lowest BCUT2D eigenvalue weighted by atomic mass is 10.0. The maximum atomic E-state index is 4.67. The van der Waals surface area contributed by atoms with E-state index < -0.39 is 0 Å². The highest BCUT2D eigenvalue weighted by Crippen LogP contribution is 2.23. The standard InChI is InChI=1S/C20H29N7/c1-16-4-3-9-27(15-16)20-23-19(14-21-24-20)22-17-5-7-18(8-6-17)26-12-10-25(2)11-13-26/h5-8,14,16H,3-4,9-13,15H2,1-2H3,(H,22,23,24). The van der Waals surface area contributed by atoms with Gasteiger partial charge in [0.1, 0.15) is 0 Å². The smallest absolute Gasteiger partial charge is 0.247 e. The van der Waals surface area contributed by atoms with E-state index in [2.05, 4.69) is 73.4 Å². The third-order valence-electron chi connectivity index (χ3n) is 5.50. The van der Waals surface area contributed by atoms with Crippen LogP contribution in [0.1, 0.15) is 19.8 Å². The largest absolute Gasteiger partial charge is 0.369 e. The number of hydrogen-bond donors (Lipinski definition) is 1. The fourth-order valence-electron chi connectivity index (χ4n) is 3.83. The Morgan fingerprint density at radius 2 is 1.78 bits per heavy atom. The highest BCUT2D eigenvalue weighted by Gasteiger charge is 2.19. The Kier molecular flexibility index (Phi) is 5.38. The maximum absolute atomic E-state index is 4.67. The van der Waals surface area contributed by atoms with Crippen molar-refractivity contribution < 1.29 is 0 Å². The molecule has 2 saturated heterocycles. The van der Waals surface area contributed by atoms with Crippen LogP contribution in [-0.2, 0) is 0 Å². The first-order chi connectivity index (χ1) is 13.2. The van der Waals surface area contributed by atoms with Crippen LogP contribution in [0.3, 0.4) is 0 Å². The third-order valence-corrected chi connectivity index (χ3v) is 5.50. The van der Waals surface area contributed by atoms with E-state index in [4.69, 9.17) is 0 Å². The van der Waals surface area contributed by atoms with E-state index in [1.807, 2.05) is 0 Å². The predicted octanol–water partition coefficient (Wildman–Crippen LogP) is 2.60. The van der Waals surface area contributed by atoms with Crippen molar-refractivity contribution in [3.8, 4) is 0 Å². The summed E-state index contributed by atoms with van der Waals surface area (Å²) in [7, 11) is 2.18. The molecule has 1 N–H and O–H groups in total. The van der Waals surface area contributed by atoms with Crippen LogP contribution < -0.4 is 15.1 Å². The monoisotopic (exact) mass is 367 g/mol. The number of rotatable bonds is 4. The summed E-state index contributed by atoms with van der Waals surface area (Å²) in [4.78, 5) is 11.7. The molecule has 0 bridgehead atoms. The molecule has 1 aromatic carbocycles. The second kappa shape index (κ2) is 8.08. The molecule has 3 heterocycles. The highest BCUT2D eigenvalue weighted by atomic mass is 15.3. The van der Waals surface area contributed by atoms with Gasteiger partial charge in [-0.15, -0.1) is 5.10 Å². The van der Waals surface area contributed by atoms with E-state index >= 15 is 0 Å². The summed E-state index contributed by atoms with van der Waals surface area (Å²) in [6.45, 7) is 8.69. The molecule has 4 rings (SSSR count). The Morgan fingerprint density at radius 1 is 1.00 bits per heavy atom. The normalized spacial score (nSPS) is 21.3. The van der Waals surface area contributed by atoms with Gasteiger partial charge in [0.15, 0.2) is 5.82 Å². The number of hydrogen-bond acceptors (Lipinski definition) is 7. The molecule has 2 aromatic rings. The fraction of sp³-hybridized carbons (Fsp3) is 0.550. The van der Waals surface area contributed by atoms with Gasteiger partial charge in [-0.2, -0.15) is 10.1 Å². The van der Waals surface area contributed by atoms with Gasteiger partial charge in [0.05, 0.1) is 6.20 Å². The molecular weight excluding hydrogens is 338 g/mol. The molecule has 7 heteroatoms. The van der Waals surface area contributed by atoms with E-state index in [1.54, 1.807) is 6.20 Å². The van der Waals surface area contributed by atoms with Crippen LogP contribution in [0.15, 0.2) is 30.5 Å². The van der Waals surface area contributed by atoms with Gasteiger partial charge in [0.25, 0.3) is 0 Å². The van der Waals surface area contributed by atoms with Gasteiger partial charge in [-0.1, -0.05) is 6.92 Å². The lowest BCUT2D eigenvalue weighted by Gasteiger charge is -2.34. The SMILES string of the molecule is CC1CCCN(c2nncc(Nc3ccc(N4CCN(C)CC4)cc3)n2)C1. The Labute approximate surface area is 161 Å². The molecule has 27 heavy (non-hydrogen) atoms. The number of nitrogens with zero attached hydrogens (tertiary/aromatic N) is 6. The van der Waals surface area contributed by atoms with Crippen molar-refractivity contribution in [2.75, 3.05) is 61.4 Å². The van der Waals surface area contributed by atoms with Crippen LogP contribution in [0, 0.1) is 5.92 Å². The molecular formula is C20H29N7. The zero-order chi connectivity index (χ0) is 18.6. The number of benzene rings is 1. The van der Waals surface area contributed by atoms with Crippen LogP contribution >= 0.6 is 0 Å². The lowest BCUT2D eigenvalue weighted by molar-refractivity contribution is 0.313. The second-order valence-electron chi connectivity index (χ2n) is 7.80. The number of anilines is 4. The minimum atomic E-state index is 0.682. The first-order valence-corrected chi connectivity index (χ1v) is 9.92. The van der Waals surface area contributed by atoms with Gasteiger partial charge in [0, 0.05) is 50.6 Å². The van der Waals surface area contributed by atoms with Crippen molar-refractivity contribution in [1.82, 2.24) is 20.1 Å². The van der Waals surface area contributed by atoms with E-state index in [-0.39, 0.29) is 0 Å². The van der Waals surface area contributed by atoms with Crippen LogP contribution in [0.2, 0.25) is 0 Å². The van der Waals surface area contributed by atoms with Crippen molar-refractivity contribution in [2.24, 2.45) is 5.92 Å². The van der Waals surface area contributed by atoms with Crippen molar-refractivity contribution in [3.63, 3.8) is 0 Å². The molecule has 1 atom stereocenters. The number of nitrogens with one attached hydrogen (secondary N) is 1. The number of likely N-dealkylation sites (N-methyl/N-ethyl adjacent to an activating group) is 1. The summed E-state index contributed by atoms with van der Waals surface area (Å²) < 4.78 is 0. The molecule has 0 aliphatic carbocycles. The molecule has 7 nitrogen and oxygen atoms in total. The molecule has 1 aromatic heterocycles.